The molecule has 1 heteroatoms. The van der Waals surface area contributed by atoms with Crippen LogP contribution in [0.3, 0.4) is 0 Å². The van der Waals surface area contributed by atoms with E-state index in [1.807, 2.05) is 24.3 Å². The smallest absolute Gasteiger partial charge is 0.0981 e. The van der Waals surface area contributed by atoms with Crippen molar-refractivity contribution in [1.82, 2.24) is 0 Å². The topological polar surface area (TPSA) is 13.1 Å². The van der Waals surface area contributed by atoms with Crippen LogP contribution in [0.25, 0.3) is 10.8 Å². The highest BCUT2D eigenvalue weighted by molar-refractivity contribution is 5.80. The lowest BCUT2D eigenvalue weighted by Crippen LogP contribution is -1.57. The molecule has 2 rings (SSSR count). The van der Waals surface area contributed by atoms with Gasteiger partial charge in [-0.2, -0.15) is 0 Å². The van der Waals surface area contributed by atoms with Crippen molar-refractivity contribution in [3.63, 3.8) is 0 Å². The van der Waals surface area contributed by atoms with Gasteiger partial charge in [-0.05, 0) is 0 Å². The Morgan fingerprint density at radius 2 is 1.38 bits per heavy atom. The molecule has 0 aliphatic heterocycles. The van der Waals surface area contributed by atoms with E-state index in [-0.39, 0.29) is 0 Å². The molecule has 1 aromatic carbocycles. The van der Waals surface area contributed by atoms with Crippen LogP contribution in [0.15, 0.2) is 41.2 Å². The Bertz CT molecular complexity index is 303. The van der Waals surface area contributed by atoms with Crippen LogP contribution in [0.2, 0.25) is 0 Å². The fourth-order valence-corrected chi connectivity index (χ4v) is 0.906. The standard InChI is InChI=1S/C8H6O.C4H10/c1-2-4-8-6-9-5-7(8)3-1;1-3-4-2/h1-6H;3-4H2,1-2H3. The minimum Gasteiger partial charge on any atom is -0.471 e. The largest absolute Gasteiger partial charge is 0.471 e. The van der Waals surface area contributed by atoms with Crippen LogP contribution in [0.5, 0.6) is 0 Å². The summed E-state index contributed by atoms with van der Waals surface area (Å²) in [5.41, 5.74) is 0. The van der Waals surface area contributed by atoms with Gasteiger partial charge in [-0.3, -0.25) is 0 Å². The molecule has 13 heavy (non-hydrogen) atoms. The molecule has 0 saturated heterocycles. The number of rotatable bonds is 1. The maximum Gasteiger partial charge on any atom is 0.0981 e. The zero-order valence-corrected chi connectivity index (χ0v) is 8.29. The van der Waals surface area contributed by atoms with Gasteiger partial charge in [0.1, 0.15) is 0 Å². The fourth-order valence-electron chi connectivity index (χ4n) is 0.906. The first-order chi connectivity index (χ1) is 6.38. The van der Waals surface area contributed by atoms with Crippen molar-refractivity contribution in [2.24, 2.45) is 0 Å². The Morgan fingerprint density at radius 3 is 1.77 bits per heavy atom. The third-order valence-electron chi connectivity index (χ3n) is 1.89. The molecule has 0 radical (unpaired) electrons. The van der Waals surface area contributed by atoms with Gasteiger partial charge >= 0.3 is 0 Å². The Hall–Kier alpha value is -1.24. The van der Waals surface area contributed by atoms with Crippen molar-refractivity contribution in [2.75, 3.05) is 0 Å². The molecule has 0 amide bonds. The summed E-state index contributed by atoms with van der Waals surface area (Å²) in [6.45, 7) is 4.36. The van der Waals surface area contributed by atoms with E-state index < -0.39 is 0 Å². The van der Waals surface area contributed by atoms with E-state index in [1.54, 1.807) is 12.5 Å². The SMILES string of the molecule is CCCC.c1ccc2cocc2c1. The average Bonchev–Trinajstić information content (AvgIpc) is 2.66. The predicted molar refractivity (Wildman–Crippen MR) is 56.8 cm³/mol. The van der Waals surface area contributed by atoms with Crippen LogP contribution < -0.4 is 0 Å². The first-order valence-corrected chi connectivity index (χ1v) is 4.79. The van der Waals surface area contributed by atoms with E-state index in [2.05, 4.69) is 13.8 Å². The summed E-state index contributed by atoms with van der Waals surface area (Å²) in [5, 5.41) is 2.33. The molecule has 1 aromatic heterocycles. The lowest BCUT2D eigenvalue weighted by Gasteiger charge is -1.80. The molecule has 0 N–H and O–H groups in total. The zero-order valence-electron chi connectivity index (χ0n) is 8.29. The van der Waals surface area contributed by atoms with Gasteiger partial charge in [0, 0.05) is 10.8 Å². The monoisotopic (exact) mass is 176 g/mol. The van der Waals surface area contributed by atoms with Crippen LogP contribution in [0.4, 0.5) is 0 Å². The van der Waals surface area contributed by atoms with Gasteiger partial charge in [0.15, 0.2) is 0 Å². The molecular weight excluding hydrogens is 160 g/mol. The summed E-state index contributed by atoms with van der Waals surface area (Å²) in [4.78, 5) is 0. The fraction of sp³-hybridized carbons (Fsp3) is 0.333. The number of hydrogen-bond donors (Lipinski definition) is 0. The molecule has 0 spiro atoms. The summed E-state index contributed by atoms with van der Waals surface area (Å²) in [7, 11) is 0. The van der Waals surface area contributed by atoms with E-state index in [4.69, 9.17) is 4.42 Å². The van der Waals surface area contributed by atoms with Crippen molar-refractivity contribution in [3.8, 4) is 0 Å². The Kier molecular flexibility index (Phi) is 4.10. The zero-order chi connectivity index (χ0) is 9.52. The van der Waals surface area contributed by atoms with Crippen molar-refractivity contribution in [3.05, 3.63) is 36.8 Å². The minimum atomic E-state index is 1.16. The Labute approximate surface area is 79.4 Å². The lowest BCUT2D eigenvalue weighted by atomic mass is 10.2. The van der Waals surface area contributed by atoms with Crippen LogP contribution in [-0.4, -0.2) is 0 Å². The molecule has 0 atom stereocenters. The van der Waals surface area contributed by atoms with Gasteiger partial charge in [0.2, 0.25) is 0 Å². The van der Waals surface area contributed by atoms with E-state index in [0.29, 0.717) is 0 Å². The van der Waals surface area contributed by atoms with Crippen molar-refractivity contribution in [1.29, 1.82) is 0 Å². The van der Waals surface area contributed by atoms with Gasteiger partial charge < -0.3 is 4.42 Å². The molecule has 0 bridgehead atoms. The van der Waals surface area contributed by atoms with Gasteiger partial charge in [0.25, 0.3) is 0 Å². The number of hydrogen-bond acceptors (Lipinski definition) is 1. The number of benzene rings is 1. The van der Waals surface area contributed by atoms with E-state index in [0.717, 1.165) is 10.8 Å². The van der Waals surface area contributed by atoms with Gasteiger partial charge in [-0.25, -0.2) is 0 Å². The number of furan rings is 1. The van der Waals surface area contributed by atoms with Crippen molar-refractivity contribution in [2.45, 2.75) is 26.7 Å². The predicted octanol–water partition coefficient (Wildman–Crippen LogP) is 4.24. The summed E-state index contributed by atoms with van der Waals surface area (Å²) < 4.78 is 4.96. The van der Waals surface area contributed by atoms with Gasteiger partial charge in [0.05, 0.1) is 12.5 Å². The summed E-state index contributed by atoms with van der Waals surface area (Å²) in [6.07, 6.45) is 6.13. The Morgan fingerprint density at radius 1 is 0.923 bits per heavy atom. The van der Waals surface area contributed by atoms with Crippen LogP contribution >= 0.6 is 0 Å². The third kappa shape index (κ3) is 2.94. The van der Waals surface area contributed by atoms with E-state index >= 15 is 0 Å². The highest BCUT2D eigenvalue weighted by Crippen LogP contribution is 2.12. The first kappa shape index (κ1) is 9.85. The molecule has 70 valence electrons. The third-order valence-corrected chi connectivity index (χ3v) is 1.89. The molecule has 2 aromatic rings. The second-order valence-electron chi connectivity index (χ2n) is 3.00. The van der Waals surface area contributed by atoms with E-state index in [1.165, 1.54) is 12.8 Å². The number of fused-ring (bicyclic) bond motifs is 1. The lowest BCUT2D eigenvalue weighted by molar-refractivity contribution is 0.572. The first-order valence-electron chi connectivity index (χ1n) is 4.79. The highest BCUT2D eigenvalue weighted by Gasteiger charge is 1.89. The molecule has 1 nitrogen and oxygen atoms in total. The molecule has 0 aliphatic rings. The molecule has 1 heterocycles. The molecule has 0 aliphatic carbocycles. The quantitative estimate of drug-likeness (QED) is 0.633. The maximum absolute atomic E-state index is 4.96. The maximum atomic E-state index is 4.96. The molecule has 0 unspecified atom stereocenters. The van der Waals surface area contributed by atoms with Gasteiger partial charge in [-0.1, -0.05) is 51.0 Å². The van der Waals surface area contributed by atoms with Crippen molar-refractivity contribution >= 4 is 10.8 Å². The summed E-state index contributed by atoms with van der Waals surface area (Å²) in [6, 6.07) is 8.05. The van der Waals surface area contributed by atoms with Crippen LogP contribution in [0, 0.1) is 0 Å². The molecular formula is C12H16O. The average molecular weight is 176 g/mol. The normalized spacial score (nSPS) is 9.38. The van der Waals surface area contributed by atoms with Crippen LogP contribution in [-0.2, 0) is 0 Å². The second-order valence-corrected chi connectivity index (χ2v) is 3.00. The Balaban J connectivity index is 0.000000184. The minimum absolute atomic E-state index is 1.16. The number of unbranched alkanes of at least 4 members (excludes halogenated alkanes) is 1. The highest BCUT2D eigenvalue weighted by atomic mass is 16.3. The summed E-state index contributed by atoms with van der Waals surface area (Å²) >= 11 is 0. The van der Waals surface area contributed by atoms with E-state index in [9.17, 15) is 0 Å². The summed E-state index contributed by atoms with van der Waals surface area (Å²) in [5.74, 6) is 0. The molecule has 0 saturated carbocycles. The molecule has 0 fully saturated rings. The second kappa shape index (κ2) is 5.41. The van der Waals surface area contributed by atoms with Gasteiger partial charge in [-0.15, -0.1) is 0 Å². The van der Waals surface area contributed by atoms with Crippen molar-refractivity contribution < 1.29 is 4.42 Å². The van der Waals surface area contributed by atoms with Crippen LogP contribution in [0.1, 0.15) is 26.7 Å².